The van der Waals surface area contributed by atoms with Gasteiger partial charge in [-0.15, -0.1) is 0 Å². The number of ether oxygens (including phenoxy) is 1. The minimum atomic E-state index is -0.0719. The van der Waals surface area contributed by atoms with Crippen LogP contribution in [0.15, 0.2) is 85.1 Å². The summed E-state index contributed by atoms with van der Waals surface area (Å²) in [4.78, 5) is 9.35. The second-order valence-electron chi connectivity index (χ2n) is 9.61. The number of pyridine rings is 1. The Morgan fingerprint density at radius 3 is 2.27 bits per heavy atom. The molecular formula is C30H31N5OS. The third-order valence-corrected chi connectivity index (χ3v) is 7.72. The summed E-state index contributed by atoms with van der Waals surface area (Å²) in [5.41, 5.74) is 8.06. The summed E-state index contributed by atoms with van der Waals surface area (Å²) >= 11 is 5.96. The number of aromatic nitrogens is 2. The molecular weight excluding hydrogens is 478 g/mol. The topological polar surface area (TPSA) is 45.6 Å². The molecule has 6 rings (SSSR count). The van der Waals surface area contributed by atoms with Crippen LogP contribution in [0.1, 0.15) is 34.7 Å². The van der Waals surface area contributed by atoms with Gasteiger partial charge in [-0.1, -0.05) is 24.3 Å². The van der Waals surface area contributed by atoms with Gasteiger partial charge >= 0.3 is 0 Å². The quantitative estimate of drug-likeness (QED) is 0.358. The maximum absolute atomic E-state index is 5.96. The van der Waals surface area contributed by atoms with Gasteiger partial charge in [0.1, 0.15) is 0 Å². The van der Waals surface area contributed by atoms with Gasteiger partial charge < -0.3 is 24.4 Å². The van der Waals surface area contributed by atoms with Crippen LogP contribution in [0.5, 0.6) is 0 Å². The molecule has 0 spiro atoms. The summed E-state index contributed by atoms with van der Waals surface area (Å²) < 4.78 is 7.85. The van der Waals surface area contributed by atoms with Crippen molar-refractivity contribution in [1.29, 1.82) is 0 Å². The second kappa shape index (κ2) is 10.00. The molecule has 0 aliphatic carbocycles. The predicted octanol–water partition coefficient (Wildman–Crippen LogP) is 5.50. The Hall–Kier alpha value is -3.68. The van der Waals surface area contributed by atoms with Crippen LogP contribution in [0.3, 0.4) is 0 Å². The van der Waals surface area contributed by atoms with Crippen LogP contribution in [0.25, 0.3) is 5.69 Å². The van der Waals surface area contributed by atoms with Crippen molar-refractivity contribution >= 4 is 28.7 Å². The first-order valence-corrected chi connectivity index (χ1v) is 13.2. The van der Waals surface area contributed by atoms with Crippen LogP contribution in [-0.2, 0) is 4.74 Å². The fraction of sp³-hybridized carbons (Fsp3) is 0.267. The van der Waals surface area contributed by atoms with Crippen molar-refractivity contribution < 1.29 is 4.74 Å². The lowest BCUT2D eigenvalue weighted by Gasteiger charge is -2.31. The van der Waals surface area contributed by atoms with E-state index in [1.165, 1.54) is 22.6 Å². The van der Waals surface area contributed by atoms with E-state index in [4.69, 9.17) is 21.9 Å². The molecule has 0 radical (unpaired) electrons. The largest absolute Gasteiger partial charge is 0.378 e. The lowest BCUT2D eigenvalue weighted by molar-refractivity contribution is 0.122. The first-order chi connectivity index (χ1) is 18.1. The van der Waals surface area contributed by atoms with Crippen molar-refractivity contribution in [2.75, 3.05) is 36.1 Å². The standard InChI is InChI=1S/C30H31N5OS/c1-21-20-26(22(2)34(21)24-8-4-3-5-9-24)29-28(27-10-6-7-15-31-27)32-30(37)35(29)25-13-11-23(12-14-25)33-16-18-36-19-17-33/h3-15,20,28-29H,16-19H2,1-2H3,(H,32,37). The normalized spacial score (nSPS) is 19.8. The molecule has 1 N–H and O–H groups in total. The Morgan fingerprint density at radius 2 is 1.57 bits per heavy atom. The Kier molecular flexibility index (Phi) is 6.40. The van der Waals surface area contributed by atoms with Crippen LogP contribution in [0.2, 0.25) is 0 Å². The van der Waals surface area contributed by atoms with Gasteiger partial charge in [-0.25, -0.2) is 0 Å². The van der Waals surface area contributed by atoms with E-state index in [2.05, 4.69) is 100 Å². The molecule has 6 nitrogen and oxygen atoms in total. The van der Waals surface area contributed by atoms with Gasteiger partial charge in [-0.05, 0) is 86.2 Å². The van der Waals surface area contributed by atoms with Gasteiger partial charge in [0.25, 0.3) is 0 Å². The number of hydrogen-bond acceptors (Lipinski definition) is 4. The van der Waals surface area contributed by atoms with Crippen molar-refractivity contribution in [3.05, 3.63) is 108 Å². The third kappa shape index (κ3) is 4.38. The number of rotatable bonds is 5. The van der Waals surface area contributed by atoms with E-state index in [0.717, 1.165) is 43.4 Å². The minimum absolute atomic E-state index is 0.0414. The number of nitrogens with zero attached hydrogens (tertiary/aromatic N) is 4. The zero-order chi connectivity index (χ0) is 25.4. The van der Waals surface area contributed by atoms with E-state index in [0.29, 0.717) is 5.11 Å². The number of para-hydroxylation sites is 1. The monoisotopic (exact) mass is 509 g/mol. The zero-order valence-electron chi connectivity index (χ0n) is 21.2. The molecule has 2 aromatic carbocycles. The third-order valence-electron chi connectivity index (χ3n) is 7.41. The molecule has 2 saturated heterocycles. The Balaban J connectivity index is 1.43. The minimum Gasteiger partial charge on any atom is -0.378 e. The highest BCUT2D eigenvalue weighted by Gasteiger charge is 2.42. The smallest absolute Gasteiger partial charge is 0.174 e. The molecule has 2 aliphatic heterocycles. The van der Waals surface area contributed by atoms with Crippen molar-refractivity contribution in [2.24, 2.45) is 0 Å². The molecule has 0 amide bonds. The van der Waals surface area contributed by atoms with Gasteiger partial charge in [0, 0.05) is 47.7 Å². The number of morpholine rings is 1. The Bertz CT molecular complexity index is 1380. The Morgan fingerprint density at radius 1 is 0.865 bits per heavy atom. The lowest BCUT2D eigenvalue weighted by atomic mass is 9.96. The van der Waals surface area contributed by atoms with Crippen LogP contribution >= 0.6 is 12.2 Å². The second-order valence-corrected chi connectivity index (χ2v) is 10.00. The number of aryl methyl sites for hydroxylation is 1. The van der Waals surface area contributed by atoms with Gasteiger partial charge in [0.2, 0.25) is 0 Å². The number of hydrogen-bond donors (Lipinski definition) is 1. The molecule has 7 heteroatoms. The van der Waals surface area contributed by atoms with Crippen LogP contribution < -0.4 is 15.1 Å². The van der Waals surface area contributed by atoms with E-state index in [-0.39, 0.29) is 12.1 Å². The fourth-order valence-electron chi connectivity index (χ4n) is 5.66. The Labute approximate surface area is 223 Å². The van der Waals surface area contributed by atoms with E-state index < -0.39 is 0 Å². The predicted molar refractivity (Wildman–Crippen MR) is 153 cm³/mol. The summed E-state index contributed by atoms with van der Waals surface area (Å²) in [5, 5.41) is 4.31. The number of anilines is 2. The van der Waals surface area contributed by atoms with Crippen molar-refractivity contribution in [3.63, 3.8) is 0 Å². The van der Waals surface area contributed by atoms with Crippen molar-refractivity contribution in [1.82, 2.24) is 14.9 Å². The average Bonchev–Trinajstić information content (AvgIpc) is 3.45. The summed E-state index contributed by atoms with van der Waals surface area (Å²) in [5.74, 6) is 0. The zero-order valence-corrected chi connectivity index (χ0v) is 22.0. The average molecular weight is 510 g/mol. The first-order valence-electron chi connectivity index (χ1n) is 12.8. The van der Waals surface area contributed by atoms with Crippen molar-refractivity contribution in [3.8, 4) is 5.69 Å². The number of thiocarbonyl (C=S) groups is 1. The summed E-state index contributed by atoms with van der Waals surface area (Å²) in [6, 6.07) is 27.5. The maximum atomic E-state index is 5.96. The molecule has 2 unspecified atom stereocenters. The van der Waals surface area contributed by atoms with E-state index in [1.807, 2.05) is 18.3 Å². The fourth-order valence-corrected chi connectivity index (χ4v) is 6.00. The molecule has 0 saturated carbocycles. The van der Waals surface area contributed by atoms with Gasteiger partial charge in [0.05, 0.1) is 31.0 Å². The molecule has 2 fully saturated rings. The number of nitrogens with one attached hydrogen (secondary N) is 1. The maximum Gasteiger partial charge on any atom is 0.174 e. The summed E-state index contributed by atoms with van der Waals surface area (Å²) in [6.07, 6.45) is 1.85. The lowest BCUT2D eigenvalue weighted by Crippen LogP contribution is -2.36. The molecule has 2 aromatic heterocycles. The van der Waals surface area contributed by atoms with Crippen molar-refractivity contribution in [2.45, 2.75) is 25.9 Å². The molecule has 2 aliphatic rings. The molecule has 188 valence electrons. The van der Waals surface area contributed by atoms with Crippen LogP contribution in [0.4, 0.5) is 11.4 Å². The van der Waals surface area contributed by atoms with Gasteiger partial charge in [-0.2, -0.15) is 0 Å². The SMILES string of the molecule is Cc1cc(C2C(c3ccccn3)NC(=S)N2c2ccc(N3CCOCC3)cc2)c(C)n1-c1ccccc1. The van der Waals surface area contributed by atoms with E-state index >= 15 is 0 Å². The van der Waals surface area contributed by atoms with E-state index in [1.54, 1.807) is 0 Å². The summed E-state index contributed by atoms with van der Waals surface area (Å²) in [6.45, 7) is 7.74. The molecule has 2 atom stereocenters. The van der Waals surface area contributed by atoms with Crippen LogP contribution in [-0.4, -0.2) is 41.0 Å². The molecule has 0 bridgehead atoms. The first kappa shape index (κ1) is 23.7. The molecule has 4 aromatic rings. The van der Waals surface area contributed by atoms with Gasteiger partial charge in [0.15, 0.2) is 5.11 Å². The van der Waals surface area contributed by atoms with E-state index in [9.17, 15) is 0 Å². The molecule has 4 heterocycles. The highest BCUT2D eigenvalue weighted by Crippen LogP contribution is 2.44. The highest BCUT2D eigenvalue weighted by molar-refractivity contribution is 7.80. The number of benzene rings is 2. The van der Waals surface area contributed by atoms with Gasteiger partial charge in [-0.3, -0.25) is 4.98 Å². The highest BCUT2D eigenvalue weighted by atomic mass is 32.1. The van der Waals surface area contributed by atoms with Crippen LogP contribution in [0, 0.1) is 13.8 Å². The molecule has 37 heavy (non-hydrogen) atoms. The summed E-state index contributed by atoms with van der Waals surface area (Å²) in [7, 11) is 0.